The zero-order valence-electron chi connectivity index (χ0n) is 11.9. The van der Waals surface area contributed by atoms with Crippen molar-refractivity contribution in [3.63, 3.8) is 0 Å². The molecule has 1 aliphatic rings. The third-order valence-corrected chi connectivity index (χ3v) is 4.61. The standard InChI is InChI=1S/C16H18N2O2S/c1-20-12-7-13(17-9-12)15(19)8-16-18-14(10-21-16)11-5-3-2-4-6-11/h2-6,10,12-13,17H,7-9H2,1H3. The van der Waals surface area contributed by atoms with Gasteiger partial charge in [0, 0.05) is 24.6 Å². The Labute approximate surface area is 128 Å². The fourth-order valence-corrected chi connectivity index (χ4v) is 3.35. The number of carbonyl (C=O) groups excluding carboxylic acids is 1. The number of methoxy groups -OCH3 is 1. The van der Waals surface area contributed by atoms with Gasteiger partial charge < -0.3 is 10.1 Å². The topological polar surface area (TPSA) is 51.2 Å². The van der Waals surface area contributed by atoms with Gasteiger partial charge >= 0.3 is 0 Å². The van der Waals surface area contributed by atoms with Crippen LogP contribution in [0.3, 0.4) is 0 Å². The number of nitrogens with one attached hydrogen (secondary N) is 1. The molecule has 1 aliphatic heterocycles. The predicted octanol–water partition coefficient (Wildman–Crippen LogP) is 2.30. The molecule has 3 rings (SSSR count). The number of rotatable bonds is 5. The molecule has 110 valence electrons. The Morgan fingerprint density at radius 2 is 2.24 bits per heavy atom. The van der Waals surface area contributed by atoms with Crippen LogP contribution in [0, 0.1) is 0 Å². The molecule has 5 heteroatoms. The van der Waals surface area contributed by atoms with Crippen molar-refractivity contribution in [2.75, 3.05) is 13.7 Å². The van der Waals surface area contributed by atoms with E-state index in [-0.39, 0.29) is 17.9 Å². The van der Waals surface area contributed by atoms with E-state index in [1.165, 1.54) is 0 Å². The zero-order valence-corrected chi connectivity index (χ0v) is 12.7. The first-order valence-electron chi connectivity index (χ1n) is 7.05. The van der Waals surface area contributed by atoms with Crippen LogP contribution in [-0.4, -0.2) is 36.6 Å². The number of ketones is 1. The normalized spacial score (nSPS) is 21.6. The Hall–Kier alpha value is -1.56. The number of Topliss-reactive ketones (excluding diaryl/α,β-unsaturated/α-hetero) is 1. The van der Waals surface area contributed by atoms with Gasteiger partial charge in [-0.25, -0.2) is 4.98 Å². The maximum absolute atomic E-state index is 12.3. The van der Waals surface area contributed by atoms with Crippen molar-refractivity contribution in [2.45, 2.75) is 25.0 Å². The minimum absolute atomic E-state index is 0.0981. The van der Waals surface area contributed by atoms with E-state index in [4.69, 9.17) is 4.74 Å². The summed E-state index contributed by atoms with van der Waals surface area (Å²) in [6.45, 7) is 0.750. The predicted molar refractivity (Wildman–Crippen MR) is 83.5 cm³/mol. The molecule has 2 aromatic rings. The van der Waals surface area contributed by atoms with Crippen LogP contribution in [0.5, 0.6) is 0 Å². The van der Waals surface area contributed by atoms with Gasteiger partial charge in [-0.15, -0.1) is 11.3 Å². The van der Waals surface area contributed by atoms with Gasteiger partial charge in [0.1, 0.15) is 5.01 Å². The largest absolute Gasteiger partial charge is 0.380 e. The van der Waals surface area contributed by atoms with Gasteiger partial charge in [-0.2, -0.15) is 0 Å². The van der Waals surface area contributed by atoms with Gasteiger partial charge in [-0.1, -0.05) is 30.3 Å². The summed E-state index contributed by atoms with van der Waals surface area (Å²) in [6.07, 6.45) is 1.30. The van der Waals surface area contributed by atoms with E-state index in [2.05, 4.69) is 10.3 Å². The van der Waals surface area contributed by atoms with Crippen LogP contribution < -0.4 is 5.32 Å². The molecule has 1 fully saturated rings. The minimum atomic E-state index is -0.0981. The molecule has 2 unspecified atom stereocenters. The second kappa shape index (κ2) is 6.47. The molecular weight excluding hydrogens is 284 g/mol. The highest BCUT2D eigenvalue weighted by atomic mass is 32.1. The number of benzene rings is 1. The Morgan fingerprint density at radius 3 is 2.95 bits per heavy atom. The molecule has 0 saturated carbocycles. The van der Waals surface area contributed by atoms with Gasteiger partial charge in [0.2, 0.25) is 0 Å². The smallest absolute Gasteiger partial charge is 0.156 e. The van der Waals surface area contributed by atoms with Gasteiger partial charge in [-0.05, 0) is 6.42 Å². The molecular formula is C16H18N2O2S. The summed E-state index contributed by atoms with van der Waals surface area (Å²) in [5.74, 6) is 0.198. The summed E-state index contributed by atoms with van der Waals surface area (Å²) in [4.78, 5) is 16.8. The number of hydrogen-bond donors (Lipinski definition) is 1. The lowest BCUT2D eigenvalue weighted by Gasteiger charge is -2.07. The molecule has 2 atom stereocenters. The first kappa shape index (κ1) is 14.4. The number of ether oxygens (including phenoxy) is 1. The summed E-state index contributed by atoms with van der Waals surface area (Å²) < 4.78 is 5.28. The summed E-state index contributed by atoms with van der Waals surface area (Å²) in [6, 6.07) is 9.93. The van der Waals surface area contributed by atoms with Gasteiger partial charge in [0.05, 0.1) is 24.3 Å². The molecule has 4 nitrogen and oxygen atoms in total. The highest BCUT2D eigenvalue weighted by Gasteiger charge is 2.29. The molecule has 21 heavy (non-hydrogen) atoms. The monoisotopic (exact) mass is 302 g/mol. The molecule has 0 amide bonds. The van der Waals surface area contributed by atoms with E-state index in [0.717, 1.165) is 29.2 Å². The number of hydrogen-bond acceptors (Lipinski definition) is 5. The van der Waals surface area contributed by atoms with E-state index < -0.39 is 0 Å². The molecule has 1 aromatic heterocycles. The Morgan fingerprint density at radius 1 is 1.43 bits per heavy atom. The van der Waals surface area contributed by atoms with Crippen LogP contribution in [0.15, 0.2) is 35.7 Å². The van der Waals surface area contributed by atoms with Crippen molar-refractivity contribution in [2.24, 2.45) is 0 Å². The average molecular weight is 302 g/mol. The highest BCUT2D eigenvalue weighted by Crippen LogP contribution is 2.22. The van der Waals surface area contributed by atoms with Crippen molar-refractivity contribution >= 4 is 17.1 Å². The quantitative estimate of drug-likeness (QED) is 0.921. The van der Waals surface area contributed by atoms with E-state index in [1.807, 2.05) is 35.7 Å². The molecule has 1 saturated heterocycles. The SMILES string of the molecule is COC1CNC(C(=O)Cc2nc(-c3ccccc3)cs2)C1. The van der Waals surface area contributed by atoms with Crippen LogP contribution in [0.25, 0.3) is 11.3 Å². The third kappa shape index (κ3) is 3.37. The molecule has 0 spiro atoms. The van der Waals surface area contributed by atoms with Crippen LogP contribution in [-0.2, 0) is 16.0 Å². The highest BCUT2D eigenvalue weighted by molar-refractivity contribution is 7.10. The maximum atomic E-state index is 12.3. The molecule has 0 bridgehead atoms. The summed E-state index contributed by atoms with van der Waals surface area (Å²) >= 11 is 1.55. The lowest BCUT2D eigenvalue weighted by Crippen LogP contribution is -2.31. The van der Waals surface area contributed by atoms with Crippen molar-refractivity contribution in [3.05, 3.63) is 40.7 Å². The van der Waals surface area contributed by atoms with Gasteiger partial charge in [0.25, 0.3) is 0 Å². The lowest BCUT2D eigenvalue weighted by atomic mass is 10.1. The fraction of sp³-hybridized carbons (Fsp3) is 0.375. The van der Waals surface area contributed by atoms with Crippen LogP contribution in [0.4, 0.5) is 0 Å². The Balaban J connectivity index is 1.64. The third-order valence-electron chi connectivity index (χ3n) is 3.76. The minimum Gasteiger partial charge on any atom is -0.380 e. The van der Waals surface area contributed by atoms with Crippen molar-refractivity contribution in [3.8, 4) is 11.3 Å². The average Bonchev–Trinajstić information content (AvgIpc) is 3.17. The molecule has 1 N–H and O–H groups in total. The van der Waals surface area contributed by atoms with Crippen molar-refractivity contribution < 1.29 is 9.53 Å². The number of carbonyl (C=O) groups is 1. The first-order valence-corrected chi connectivity index (χ1v) is 7.93. The number of nitrogens with zero attached hydrogens (tertiary/aromatic N) is 1. The van der Waals surface area contributed by atoms with Gasteiger partial charge in [0.15, 0.2) is 5.78 Å². The fourth-order valence-electron chi connectivity index (χ4n) is 2.53. The second-order valence-electron chi connectivity index (χ2n) is 5.19. The van der Waals surface area contributed by atoms with E-state index in [9.17, 15) is 4.79 Å². The first-order chi connectivity index (χ1) is 10.3. The Kier molecular flexibility index (Phi) is 4.43. The van der Waals surface area contributed by atoms with E-state index >= 15 is 0 Å². The Bertz CT molecular complexity index is 612. The van der Waals surface area contributed by atoms with Crippen LogP contribution >= 0.6 is 11.3 Å². The summed E-state index contributed by atoms with van der Waals surface area (Å²) in [7, 11) is 1.69. The zero-order chi connectivity index (χ0) is 14.7. The number of thiazole rings is 1. The lowest BCUT2D eigenvalue weighted by molar-refractivity contribution is -0.120. The summed E-state index contributed by atoms with van der Waals surface area (Å²) in [5.41, 5.74) is 2.03. The van der Waals surface area contributed by atoms with Crippen molar-refractivity contribution in [1.29, 1.82) is 0 Å². The van der Waals surface area contributed by atoms with E-state index in [1.54, 1.807) is 18.4 Å². The second-order valence-corrected chi connectivity index (χ2v) is 6.13. The molecule has 0 aliphatic carbocycles. The van der Waals surface area contributed by atoms with E-state index in [0.29, 0.717) is 6.42 Å². The van der Waals surface area contributed by atoms with Crippen LogP contribution in [0.1, 0.15) is 11.4 Å². The molecule has 0 radical (unpaired) electrons. The molecule has 1 aromatic carbocycles. The van der Waals surface area contributed by atoms with Gasteiger partial charge in [-0.3, -0.25) is 4.79 Å². The van der Waals surface area contributed by atoms with Crippen molar-refractivity contribution in [1.82, 2.24) is 10.3 Å². The summed E-state index contributed by atoms with van der Waals surface area (Å²) in [5, 5.41) is 6.11. The maximum Gasteiger partial charge on any atom is 0.156 e. The number of aromatic nitrogens is 1. The van der Waals surface area contributed by atoms with Crippen LogP contribution in [0.2, 0.25) is 0 Å². The molecule has 2 heterocycles.